The first kappa shape index (κ1) is 11.3. The summed E-state index contributed by atoms with van der Waals surface area (Å²) >= 11 is 6.02. The zero-order chi connectivity index (χ0) is 10.7. The predicted octanol–water partition coefficient (Wildman–Crippen LogP) is 2.93. The predicted molar refractivity (Wildman–Crippen MR) is 60.0 cm³/mol. The third-order valence-corrected chi connectivity index (χ3v) is 2.58. The number of rotatable bonds is 3. The van der Waals surface area contributed by atoms with Crippen LogP contribution in [0.25, 0.3) is 0 Å². The molecule has 3 heteroatoms. The van der Waals surface area contributed by atoms with E-state index in [1.165, 1.54) is 5.56 Å². The molecule has 0 heterocycles. The van der Waals surface area contributed by atoms with Gasteiger partial charge in [0.05, 0.1) is 12.1 Å². The first-order chi connectivity index (χ1) is 6.60. The molecular formula is C11H16ClNO. The molecule has 0 radical (unpaired) electrons. The average molecular weight is 214 g/mol. The first-order valence-corrected chi connectivity index (χ1v) is 5.09. The van der Waals surface area contributed by atoms with Crippen LogP contribution in [0.2, 0.25) is 5.02 Å². The molecule has 1 atom stereocenters. The second-order valence-electron chi connectivity index (χ2n) is 3.33. The van der Waals surface area contributed by atoms with E-state index in [0.717, 1.165) is 12.0 Å². The van der Waals surface area contributed by atoms with Crippen LogP contribution in [-0.2, 0) is 6.42 Å². The number of halogens is 1. The Morgan fingerprint density at radius 3 is 2.57 bits per heavy atom. The van der Waals surface area contributed by atoms with Crippen LogP contribution in [0.4, 0.5) is 0 Å². The molecule has 78 valence electrons. The lowest BCUT2D eigenvalue weighted by Crippen LogP contribution is -2.08. The largest absolute Gasteiger partial charge is 0.495 e. The Balaban J connectivity index is 3.24. The molecule has 14 heavy (non-hydrogen) atoms. The smallest absolute Gasteiger partial charge is 0.137 e. The number of hydrogen-bond acceptors (Lipinski definition) is 2. The van der Waals surface area contributed by atoms with Gasteiger partial charge < -0.3 is 10.5 Å². The lowest BCUT2D eigenvalue weighted by molar-refractivity contribution is 0.414. The van der Waals surface area contributed by atoms with E-state index in [9.17, 15) is 0 Å². The second-order valence-corrected chi connectivity index (χ2v) is 3.73. The summed E-state index contributed by atoms with van der Waals surface area (Å²) in [6.07, 6.45) is 0.935. The van der Waals surface area contributed by atoms with Gasteiger partial charge in [-0.15, -0.1) is 0 Å². The SMILES string of the molecule is CCc1cc(OC)c(Cl)cc1C(C)N. The molecule has 0 fully saturated rings. The van der Waals surface area contributed by atoms with E-state index in [0.29, 0.717) is 10.8 Å². The minimum absolute atomic E-state index is 0.00774. The minimum atomic E-state index is 0.00774. The van der Waals surface area contributed by atoms with E-state index >= 15 is 0 Å². The van der Waals surface area contributed by atoms with Crippen molar-refractivity contribution in [3.8, 4) is 5.75 Å². The van der Waals surface area contributed by atoms with Crippen molar-refractivity contribution in [2.75, 3.05) is 7.11 Å². The van der Waals surface area contributed by atoms with Gasteiger partial charge in [0.15, 0.2) is 0 Å². The van der Waals surface area contributed by atoms with E-state index in [2.05, 4.69) is 6.92 Å². The molecule has 1 unspecified atom stereocenters. The van der Waals surface area contributed by atoms with E-state index in [-0.39, 0.29) is 6.04 Å². The average Bonchev–Trinajstić information content (AvgIpc) is 2.17. The van der Waals surface area contributed by atoms with E-state index in [1.54, 1.807) is 7.11 Å². The summed E-state index contributed by atoms with van der Waals surface area (Å²) in [5.74, 6) is 0.716. The summed E-state index contributed by atoms with van der Waals surface area (Å²) in [5, 5.41) is 0.622. The molecule has 2 nitrogen and oxygen atoms in total. The molecule has 0 bridgehead atoms. The van der Waals surface area contributed by atoms with Crippen LogP contribution < -0.4 is 10.5 Å². The number of ether oxygens (including phenoxy) is 1. The van der Waals surface area contributed by atoms with Gasteiger partial charge in [0.25, 0.3) is 0 Å². The maximum Gasteiger partial charge on any atom is 0.137 e. The molecule has 1 aromatic rings. The van der Waals surface area contributed by atoms with Gasteiger partial charge in [0, 0.05) is 6.04 Å². The van der Waals surface area contributed by atoms with Gasteiger partial charge in [-0.05, 0) is 36.6 Å². The van der Waals surface area contributed by atoms with Crippen LogP contribution in [-0.4, -0.2) is 7.11 Å². The Morgan fingerprint density at radius 2 is 2.14 bits per heavy atom. The third-order valence-electron chi connectivity index (χ3n) is 2.29. The molecule has 0 amide bonds. The molecule has 0 spiro atoms. The summed E-state index contributed by atoms with van der Waals surface area (Å²) < 4.78 is 5.15. The zero-order valence-electron chi connectivity index (χ0n) is 8.80. The highest BCUT2D eigenvalue weighted by Gasteiger charge is 2.10. The molecule has 0 aliphatic heterocycles. The highest BCUT2D eigenvalue weighted by atomic mass is 35.5. The first-order valence-electron chi connectivity index (χ1n) is 4.72. The monoisotopic (exact) mass is 213 g/mol. The topological polar surface area (TPSA) is 35.2 Å². The summed E-state index contributed by atoms with van der Waals surface area (Å²) in [6, 6.07) is 3.86. The minimum Gasteiger partial charge on any atom is -0.495 e. The summed E-state index contributed by atoms with van der Waals surface area (Å²) in [6.45, 7) is 4.05. The van der Waals surface area contributed by atoms with Gasteiger partial charge in [0.2, 0.25) is 0 Å². The van der Waals surface area contributed by atoms with Gasteiger partial charge >= 0.3 is 0 Å². The van der Waals surface area contributed by atoms with Gasteiger partial charge in [-0.2, -0.15) is 0 Å². The number of aryl methyl sites for hydroxylation is 1. The second kappa shape index (κ2) is 4.67. The fraction of sp³-hybridized carbons (Fsp3) is 0.455. The zero-order valence-corrected chi connectivity index (χ0v) is 9.56. The highest BCUT2D eigenvalue weighted by molar-refractivity contribution is 6.32. The molecular weight excluding hydrogens is 198 g/mol. The van der Waals surface area contributed by atoms with E-state index in [1.807, 2.05) is 19.1 Å². The van der Waals surface area contributed by atoms with Crippen LogP contribution in [0.5, 0.6) is 5.75 Å². The maximum atomic E-state index is 6.02. The Kier molecular flexibility index (Phi) is 3.78. The normalized spacial score (nSPS) is 12.6. The lowest BCUT2D eigenvalue weighted by Gasteiger charge is -2.14. The van der Waals surface area contributed by atoms with Crippen molar-refractivity contribution in [3.05, 3.63) is 28.3 Å². The Hall–Kier alpha value is -0.730. The molecule has 0 aliphatic carbocycles. The molecule has 2 N–H and O–H groups in total. The van der Waals surface area contributed by atoms with Crippen LogP contribution in [0.1, 0.15) is 31.0 Å². The van der Waals surface area contributed by atoms with E-state index < -0.39 is 0 Å². The number of hydrogen-bond donors (Lipinski definition) is 1. The van der Waals surface area contributed by atoms with Gasteiger partial charge in [-0.1, -0.05) is 18.5 Å². The van der Waals surface area contributed by atoms with E-state index in [4.69, 9.17) is 22.1 Å². The number of methoxy groups -OCH3 is 1. The fourth-order valence-electron chi connectivity index (χ4n) is 1.50. The standard InChI is InChI=1S/C11H16ClNO/c1-4-8-5-11(14-3)10(12)6-9(8)7(2)13/h5-7H,4,13H2,1-3H3. The molecule has 1 rings (SSSR count). The molecule has 0 saturated heterocycles. The van der Waals surface area contributed by atoms with Gasteiger partial charge in [0.1, 0.15) is 5.75 Å². The van der Waals surface area contributed by atoms with Crippen LogP contribution in [0.3, 0.4) is 0 Å². The lowest BCUT2D eigenvalue weighted by atomic mass is 10.00. The van der Waals surface area contributed by atoms with Crippen molar-refractivity contribution in [3.63, 3.8) is 0 Å². The Labute approximate surface area is 90.0 Å². The van der Waals surface area contributed by atoms with Crippen molar-refractivity contribution in [1.29, 1.82) is 0 Å². The van der Waals surface area contributed by atoms with Crippen LogP contribution in [0, 0.1) is 0 Å². The van der Waals surface area contributed by atoms with Gasteiger partial charge in [-0.25, -0.2) is 0 Å². The summed E-state index contributed by atoms with van der Waals surface area (Å²) in [4.78, 5) is 0. The molecule has 0 aliphatic rings. The van der Waals surface area contributed by atoms with Crippen molar-refractivity contribution in [2.24, 2.45) is 5.73 Å². The highest BCUT2D eigenvalue weighted by Crippen LogP contribution is 2.30. The number of nitrogens with two attached hydrogens (primary N) is 1. The van der Waals surface area contributed by atoms with Crippen molar-refractivity contribution in [2.45, 2.75) is 26.3 Å². The Bertz CT molecular complexity index is 323. The molecule has 0 aromatic heterocycles. The maximum absolute atomic E-state index is 6.02. The van der Waals surface area contributed by atoms with Crippen LogP contribution >= 0.6 is 11.6 Å². The quantitative estimate of drug-likeness (QED) is 0.838. The van der Waals surface area contributed by atoms with Crippen molar-refractivity contribution >= 4 is 11.6 Å². The van der Waals surface area contributed by atoms with Crippen molar-refractivity contribution < 1.29 is 4.74 Å². The molecule has 0 saturated carbocycles. The molecule has 1 aromatic carbocycles. The summed E-state index contributed by atoms with van der Waals surface area (Å²) in [7, 11) is 1.62. The van der Waals surface area contributed by atoms with Crippen LogP contribution in [0.15, 0.2) is 12.1 Å². The fourth-order valence-corrected chi connectivity index (χ4v) is 1.75. The Morgan fingerprint density at radius 1 is 1.50 bits per heavy atom. The van der Waals surface area contributed by atoms with Crippen molar-refractivity contribution in [1.82, 2.24) is 0 Å². The third kappa shape index (κ3) is 2.20. The number of benzene rings is 1. The summed E-state index contributed by atoms with van der Waals surface area (Å²) in [5.41, 5.74) is 8.14. The van der Waals surface area contributed by atoms with Gasteiger partial charge in [-0.3, -0.25) is 0 Å².